The fourth-order valence-electron chi connectivity index (χ4n) is 1.54. The van der Waals surface area contributed by atoms with Gasteiger partial charge in [-0.15, -0.1) is 11.3 Å². The highest BCUT2D eigenvalue weighted by Gasteiger charge is 2.21. The van der Waals surface area contributed by atoms with Crippen molar-refractivity contribution in [2.75, 3.05) is 7.11 Å². The van der Waals surface area contributed by atoms with Gasteiger partial charge in [-0.3, -0.25) is 0 Å². The van der Waals surface area contributed by atoms with Gasteiger partial charge in [0, 0.05) is 5.56 Å². The van der Waals surface area contributed by atoms with E-state index in [4.69, 9.17) is 4.74 Å². The maximum atomic E-state index is 13.8. The van der Waals surface area contributed by atoms with Crippen LogP contribution in [0.15, 0.2) is 28.1 Å². The maximum Gasteiger partial charge on any atom is 0.137 e. The molecule has 6 heteroatoms. The van der Waals surface area contributed by atoms with Crippen molar-refractivity contribution < 1.29 is 13.5 Å². The zero-order valence-electron chi connectivity index (χ0n) is 9.22. The van der Waals surface area contributed by atoms with E-state index in [9.17, 15) is 8.78 Å². The monoisotopic (exact) mass is 396 g/mol. The van der Waals surface area contributed by atoms with Crippen LogP contribution in [0, 0.1) is 11.6 Å². The summed E-state index contributed by atoms with van der Waals surface area (Å²) in [5.74, 6) is -0.309. The summed E-state index contributed by atoms with van der Waals surface area (Å²) in [6.45, 7) is 0. The molecule has 0 aliphatic rings. The number of benzene rings is 1. The first-order valence-corrected chi connectivity index (χ1v) is 7.53. The summed E-state index contributed by atoms with van der Waals surface area (Å²) in [6.07, 6.45) is 0. The van der Waals surface area contributed by atoms with Gasteiger partial charge in [-0.1, -0.05) is 15.9 Å². The second-order valence-electron chi connectivity index (χ2n) is 3.50. The average Bonchev–Trinajstić information content (AvgIpc) is 2.81. The molecule has 1 nitrogen and oxygen atoms in total. The highest BCUT2D eigenvalue weighted by Crippen LogP contribution is 2.41. The Kier molecular flexibility index (Phi) is 4.40. The molecule has 0 saturated carbocycles. The molecule has 0 bridgehead atoms. The van der Waals surface area contributed by atoms with Crippen LogP contribution in [-0.2, 0) is 0 Å². The molecule has 0 aliphatic heterocycles. The standard InChI is InChI=1S/C12H8Br2F2OS/c1-17-10-2-3-18-12(10)11(14)6-4-9(16)7(13)5-8(6)15/h2-5,11H,1H3. The third kappa shape index (κ3) is 2.60. The van der Waals surface area contributed by atoms with Gasteiger partial charge in [0.25, 0.3) is 0 Å². The van der Waals surface area contributed by atoms with Gasteiger partial charge < -0.3 is 4.74 Å². The van der Waals surface area contributed by atoms with Crippen molar-refractivity contribution in [1.29, 1.82) is 0 Å². The summed E-state index contributed by atoms with van der Waals surface area (Å²) in [6, 6.07) is 4.10. The highest BCUT2D eigenvalue weighted by molar-refractivity contribution is 9.10. The second-order valence-corrected chi connectivity index (χ2v) is 6.22. The lowest BCUT2D eigenvalue weighted by Crippen LogP contribution is -1.98. The first-order valence-electron chi connectivity index (χ1n) is 4.94. The van der Waals surface area contributed by atoms with E-state index < -0.39 is 16.5 Å². The Bertz CT molecular complexity index is 571. The number of rotatable bonds is 3. The van der Waals surface area contributed by atoms with Crippen LogP contribution in [0.4, 0.5) is 8.78 Å². The van der Waals surface area contributed by atoms with E-state index in [1.807, 2.05) is 5.38 Å². The first-order chi connectivity index (χ1) is 8.54. The Balaban J connectivity index is 2.46. The highest BCUT2D eigenvalue weighted by atomic mass is 79.9. The van der Waals surface area contributed by atoms with Crippen LogP contribution < -0.4 is 4.74 Å². The van der Waals surface area contributed by atoms with Gasteiger partial charge in [-0.05, 0) is 39.5 Å². The van der Waals surface area contributed by atoms with E-state index in [2.05, 4.69) is 31.9 Å². The van der Waals surface area contributed by atoms with Gasteiger partial charge in [0.1, 0.15) is 17.4 Å². The predicted octanol–water partition coefficient (Wildman–Crippen LogP) is 5.28. The second kappa shape index (κ2) is 5.67. The SMILES string of the molecule is COc1ccsc1C(Br)c1cc(F)c(Br)cc1F. The lowest BCUT2D eigenvalue weighted by Gasteiger charge is -2.12. The molecule has 2 rings (SSSR count). The lowest BCUT2D eigenvalue weighted by atomic mass is 10.1. The smallest absolute Gasteiger partial charge is 0.137 e. The van der Waals surface area contributed by atoms with Crippen LogP contribution in [0.1, 0.15) is 15.3 Å². The number of ether oxygens (including phenoxy) is 1. The summed E-state index contributed by atoms with van der Waals surface area (Å²) in [5, 5.41) is 1.84. The van der Waals surface area contributed by atoms with Gasteiger partial charge >= 0.3 is 0 Å². The number of hydrogen-bond acceptors (Lipinski definition) is 2. The summed E-state index contributed by atoms with van der Waals surface area (Å²) in [7, 11) is 1.55. The van der Waals surface area contributed by atoms with Crippen LogP contribution in [0.3, 0.4) is 0 Å². The molecule has 1 aromatic carbocycles. The minimum atomic E-state index is -0.494. The van der Waals surface area contributed by atoms with Gasteiger partial charge in [0.2, 0.25) is 0 Å². The number of methoxy groups -OCH3 is 1. The van der Waals surface area contributed by atoms with Crippen molar-refractivity contribution in [1.82, 2.24) is 0 Å². The summed E-state index contributed by atoms with van der Waals surface area (Å²) in [5.41, 5.74) is 0.247. The fourth-order valence-corrected chi connectivity index (χ4v) is 3.60. The number of alkyl halides is 1. The van der Waals surface area contributed by atoms with Crippen LogP contribution in [0.2, 0.25) is 0 Å². The normalized spacial score (nSPS) is 12.5. The minimum absolute atomic E-state index is 0.113. The first kappa shape index (κ1) is 14.0. The molecule has 18 heavy (non-hydrogen) atoms. The zero-order chi connectivity index (χ0) is 13.3. The van der Waals surface area contributed by atoms with Crippen LogP contribution >= 0.6 is 43.2 Å². The fraction of sp³-hybridized carbons (Fsp3) is 0.167. The molecule has 1 atom stereocenters. The predicted molar refractivity (Wildman–Crippen MR) is 75.7 cm³/mol. The van der Waals surface area contributed by atoms with Crippen molar-refractivity contribution in [2.24, 2.45) is 0 Å². The van der Waals surface area contributed by atoms with Crippen LogP contribution in [0.25, 0.3) is 0 Å². The molecule has 2 aromatic rings. The van der Waals surface area contributed by atoms with Gasteiger partial charge in [-0.25, -0.2) is 8.78 Å². The Labute approximate surface area is 124 Å². The molecule has 0 spiro atoms. The Morgan fingerprint density at radius 2 is 2.00 bits per heavy atom. The average molecular weight is 398 g/mol. The maximum absolute atomic E-state index is 13.8. The van der Waals surface area contributed by atoms with Crippen molar-refractivity contribution in [3.05, 3.63) is 50.1 Å². The number of halogens is 4. The summed E-state index contributed by atoms with van der Waals surface area (Å²) in [4.78, 5) is 0.369. The molecule has 0 aliphatic carbocycles. The third-order valence-electron chi connectivity index (χ3n) is 2.42. The van der Waals surface area contributed by atoms with Crippen LogP contribution in [0.5, 0.6) is 5.75 Å². The van der Waals surface area contributed by atoms with Crippen molar-refractivity contribution >= 4 is 43.2 Å². The number of thiophene rings is 1. The van der Waals surface area contributed by atoms with Gasteiger partial charge in [-0.2, -0.15) is 0 Å². The molecule has 1 unspecified atom stereocenters. The zero-order valence-corrected chi connectivity index (χ0v) is 13.2. The molecular weight excluding hydrogens is 390 g/mol. The molecule has 0 N–H and O–H groups in total. The van der Waals surface area contributed by atoms with E-state index in [1.54, 1.807) is 13.2 Å². The Morgan fingerprint density at radius 1 is 1.28 bits per heavy atom. The summed E-state index contributed by atoms with van der Waals surface area (Å²) < 4.78 is 32.6. The van der Waals surface area contributed by atoms with Crippen molar-refractivity contribution in [3.63, 3.8) is 0 Å². The van der Waals surface area contributed by atoms with Crippen LogP contribution in [-0.4, -0.2) is 7.11 Å². The molecular formula is C12H8Br2F2OS. The molecule has 0 amide bonds. The van der Waals surface area contributed by atoms with Crippen molar-refractivity contribution in [3.8, 4) is 5.75 Å². The Hall–Kier alpha value is -0.460. The molecule has 96 valence electrons. The van der Waals surface area contributed by atoms with E-state index in [1.165, 1.54) is 17.4 Å². The Morgan fingerprint density at radius 3 is 2.67 bits per heavy atom. The quantitative estimate of drug-likeness (QED) is 0.505. The largest absolute Gasteiger partial charge is 0.496 e. The molecule has 1 aromatic heterocycles. The van der Waals surface area contributed by atoms with E-state index in [0.29, 0.717) is 5.75 Å². The molecule has 0 saturated heterocycles. The molecule has 0 radical (unpaired) electrons. The van der Waals surface area contributed by atoms with Crippen molar-refractivity contribution in [2.45, 2.75) is 4.83 Å². The van der Waals surface area contributed by atoms with Gasteiger partial charge in [0.15, 0.2) is 0 Å². The third-order valence-corrected chi connectivity index (χ3v) is 5.24. The molecule has 1 heterocycles. The molecule has 0 fully saturated rings. The summed E-state index contributed by atoms with van der Waals surface area (Å²) >= 11 is 7.76. The lowest BCUT2D eigenvalue weighted by molar-refractivity contribution is 0.413. The van der Waals surface area contributed by atoms with E-state index >= 15 is 0 Å². The van der Waals surface area contributed by atoms with Gasteiger partial charge in [0.05, 0.1) is 21.3 Å². The topological polar surface area (TPSA) is 9.23 Å². The van der Waals surface area contributed by atoms with E-state index in [0.717, 1.165) is 10.9 Å². The van der Waals surface area contributed by atoms with E-state index in [-0.39, 0.29) is 10.0 Å². The minimum Gasteiger partial charge on any atom is -0.496 e. The number of hydrogen-bond donors (Lipinski definition) is 0.